The molecule has 0 aliphatic heterocycles. The van der Waals surface area contributed by atoms with Crippen molar-refractivity contribution in [3.05, 3.63) is 35.4 Å². The molecule has 0 aromatic heterocycles. The third kappa shape index (κ3) is 4.69. The average molecular weight is 276 g/mol. The fourth-order valence-corrected chi connectivity index (χ4v) is 1.59. The van der Waals surface area contributed by atoms with Crippen molar-refractivity contribution < 1.29 is 19.4 Å². The highest BCUT2D eigenvalue weighted by Gasteiger charge is 2.20. The van der Waals surface area contributed by atoms with Crippen LogP contribution in [-0.4, -0.2) is 37.5 Å². The van der Waals surface area contributed by atoms with E-state index in [0.717, 1.165) is 5.56 Å². The summed E-state index contributed by atoms with van der Waals surface area (Å²) in [7, 11) is 2.93. The van der Waals surface area contributed by atoms with Crippen LogP contribution in [0.3, 0.4) is 0 Å². The first kappa shape index (κ1) is 16.2. The van der Waals surface area contributed by atoms with E-state index in [-0.39, 0.29) is 5.97 Å². The lowest BCUT2D eigenvalue weighted by Gasteiger charge is -2.19. The molecule has 0 saturated heterocycles. The topological polar surface area (TPSA) is 55.8 Å². The number of aliphatic hydroxyl groups is 1. The summed E-state index contributed by atoms with van der Waals surface area (Å²) in [6.07, 6.45) is 0.997. The molecule has 0 amide bonds. The third-order valence-corrected chi connectivity index (χ3v) is 3.05. The molecule has 0 aliphatic rings. The minimum atomic E-state index is -1.04. The van der Waals surface area contributed by atoms with Gasteiger partial charge in [-0.15, -0.1) is 0 Å². The van der Waals surface area contributed by atoms with Crippen LogP contribution in [-0.2, 0) is 9.47 Å². The van der Waals surface area contributed by atoms with E-state index >= 15 is 0 Å². The van der Waals surface area contributed by atoms with Gasteiger partial charge in [-0.1, -0.05) is 18.8 Å². The summed E-state index contributed by atoms with van der Waals surface area (Å²) < 4.78 is 9.59. The molecule has 0 fully saturated rings. The van der Waals surface area contributed by atoms with E-state index in [1.807, 2.05) is 6.92 Å². The molecule has 1 rings (SSSR count). The molecular weight excluding hydrogens is 256 g/mol. The van der Waals surface area contributed by atoms with Crippen LogP contribution in [0.25, 0.3) is 0 Å². The van der Waals surface area contributed by atoms with E-state index < -0.39 is 5.60 Å². The molecular formula is C16H20O4. The summed E-state index contributed by atoms with van der Waals surface area (Å²) in [5, 5.41) is 10.3. The van der Waals surface area contributed by atoms with E-state index in [0.29, 0.717) is 25.0 Å². The van der Waals surface area contributed by atoms with Crippen molar-refractivity contribution in [2.75, 3.05) is 20.8 Å². The van der Waals surface area contributed by atoms with Crippen LogP contribution in [0.1, 0.15) is 35.7 Å². The van der Waals surface area contributed by atoms with E-state index in [1.54, 1.807) is 31.4 Å². The molecule has 20 heavy (non-hydrogen) atoms. The summed E-state index contributed by atoms with van der Waals surface area (Å²) in [6, 6.07) is 6.75. The predicted octanol–water partition coefficient (Wildman–Crippen LogP) is 2.00. The summed E-state index contributed by atoms with van der Waals surface area (Å²) in [6.45, 7) is 2.34. The summed E-state index contributed by atoms with van der Waals surface area (Å²) in [5.74, 6) is 5.41. The Morgan fingerprint density at radius 3 is 2.45 bits per heavy atom. The Kier molecular flexibility index (Phi) is 6.23. The molecule has 0 saturated carbocycles. The normalized spacial score (nSPS) is 13.0. The van der Waals surface area contributed by atoms with Gasteiger partial charge in [0.05, 0.1) is 12.7 Å². The minimum Gasteiger partial charge on any atom is -0.465 e. The summed E-state index contributed by atoms with van der Waals surface area (Å²) >= 11 is 0. The second kappa shape index (κ2) is 7.68. The zero-order valence-corrected chi connectivity index (χ0v) is 12.1. The first-order valence-corrected chi connectivity index (χ1v) is 6.47. The zero-order chi connectivity index (χ0) is 15.0. The first-order valence-electron chi connectivity index (χ1n) is 6.47. The Labute approximate surface area is 119 Å². The fourth-order valence-electron chi connectivity index (χ4n) is 1.59. The van der Waals surface area contributed by atoms with Gasteiger partial charge in [-0.3, -0.25) is 0 Å². The number of hydrogen-bond acceptors (Lipinski definition) is 4. The Balaban J connectivity index is 2.82. The number of methoxy groups -OCH3 is 2. The minimum absolute atomic E-state index is 0.380. The van der Waals surface area contributed by atoms with E-state index in [2.05, 4.69) is 16.6 Å². The first-order chi connectivity index (χ1) is 9.54. The lowest BCUT2D eigenvalue weighted by atomic mass is 9.97. The van der Waals surface area contributed by atoms with E-state index in [9.17, 15) is 9.90 Å². The van der Waals surface area contributed by atoms with E-state index in [1.165, 1.54) is 7.11 Å². The molecule has 0 heterocycles. The lowest BCUT2D eigenvalue weighted by Crippen LogP contribution is -2.27. The van der Waals surface area contributed by atoms with Crippen molar-refractivity contribution in [3.8, 4) is 11.8 Å². The summed E-state index contributed by atoms with van der Waals surface area (Å²) in [5.41, 5.74) is 0.168. The quantitative estimate of drug-likeness (QED) is 0.660. The van der Waals surface area contributed by atoms with Gasteiger partial charge in [-0.2, -0.15) is 0 Å². The Morgan fingerprint density at radius 1 is 1.30 bits per heavy atom. The molecule has 1 N–H and O–H groups in total. The smallest absolute Gasteiger partial charge is 0.337 e. The number of carbonyl (C=O) groups is 1. The molecule has 0 unspecified atom stereocenters. The SMILES string of the molecule is CC[C@](O)(C#Cc1ccc(C(=O)OC)cc1)CCOC. The third-order valence-electron chi connectivity index (χ3n) is 3.05. The van der Waals surface area contributed by atoms with Crippen LogP contribution in [0, 0.1) is 11.8 Å². The second-order valence-electron chi connectivity index (χ2n) is 4.45. The highest BCUT2D eigenvalue weighted by Crippen LogP contribution is 2.14. The van der Waals surface area contributed by atoms with Gasteiger partial charge >= 0.3 is 5.97 Å². The largest absolute Gasteiger partial charge is 0.465 e. The van der Waals surface area contributed by atoms with Crippen LogP contribution >= 0.6 is 0 Å². The molecule has 0 spiro atoms. The molecule has 1 aromatic carbocycles. The molecule has 0 radical (unpaired) electrons. The lowest BCUT2D eigenvalue weighted by molar-refractivity contribution is 0.0545. The molecule has 1 aromatic rings. The number of ether oxygens (including phenoxy) is 2. The van der Waals surface area contributed by atoms with Gasteiger partial charge in [0.25, 0.3) is 0 Å². The maximum atomic E-state index is 11.3. The van der Waals surface area contributed by atoms with Crippen LogP contribution in [0.2, 0.25) is 0 Å². The molecule has 1 atom stereocenters. The van der Waals surface area contributed by atoms with Crippen LogP contribution in [0.4, 0.5) is 0 Å². The van der Waals surface area contributed by atoms with Crippen LogP contribution in [0.5, 0.6) is 0 Å². The van der Waals surface area contributed by atoms with Gasteiger partial charge in [-0.05, 0) is 30.7 Å². The number of hydrogen-bond donors (Lipinski definition) is 1. The highest BCUT2D eigenvalue weighted by molar-refractivity contribution is 5.89. The molecule has 4 nitrogen and oxygen atoms in total. The van der Waals surface area contributed by atoms with Crippen molar-refractivity contribution >= 4 is 5.97 Å². The van der Waals surface area contributed by atoms with Crippen molar-refractivity contribution in [2.45, 2.75) is 25.4 Å². The van der Waals surface area contributed by atoms with Crippen molar-refractivity contribution in [1.82, 2.24) is 0 Å². The van der Waals surface area contributed by atoms with Gasteiger partial charge in [-0.25, -0.2) is 4.79 Å². The van der Waals surface area contributed by atoms with Gasteiger partial charge in [0.1, 0.15) is 5.60 Å². The standard InChI is InChI=1S/C16H20O4/c1-4-16(18,11-12-19-2)10-9-13-5-7-14(8-6-13)15(17)20-3/h5-8,18H,4,11-12H2,1-3H3/t16-/m0/s1. The van der Waals surface area contributed by atoms with Gasteiger partial charge in [0.2, 0.25) is 0 Å². The summed E-state index contributed by atoms with van der Waals surface area (Å²) in [4.78, 5) is 11.3. The zero-order valence-electron chi connectivity index (χ0n) is 12.1. The van der Waals surface area contributed by atoms with Crippen molar-refractivity contribution in [3.63, 3.8) is 0 Å². The molecule has 4 heteroatoms. The maximum absolute atomic E-state index is 11.3. The van der Waals surface area contributed by atoms with Crippen LogP contribution in [0.15, 0.2) is 24.3 Å². The predicted molar refractivity (Wildman–Crippen MR) is 76.4 cm³/mol. The van der Waals surface area contributed by atoms with Gasteiger partial charge in [0.15, 0.2) is 0 Å². The average Bonchev–Trinajstić information content (AvgIpc) is 2.50. The molecule has 0 bridgehead atoms. The Hall–Kier alpha value is -1.83. The van der Waals surface area contributed by atoms with E-state index in [4.69, 9.17) is 4.74 Å². The monoisotopic (exact) mass is 276 g/mol. The van der Waals surface area contributed by atoms with Gasteiger partial charge in [0, 0.05) is 25.7 Å². The van der Waals surface area contributed by atoms with Crippen molar-refractivity contribution in [1.29, 1.82) is 0 Å². The molecule has 0 aliphatic carbocycles. The Bertz CT molecular complexity index is 495. The number of benzene rings is 1. The van der Waals surface area contributed by atoms with Gasteiger partial charge < -0.3 is 14.6 Å². The highest BCUT2D eigenvalue weighted by atomic mass is 16.5. The fraction of sp³-hybridized carbons (Fsp3) is 0.438. The number of rotatable bonds is 5. The number of carbonyl (C=O) groups excluding carboxylic acids is 1. The number of esters is 1. The van der Waals surface area contributed by atoms with Crippen LogP contribution < -0.4 is 0 Å². The van der Waals surface area contributed by atoms with Crippen molar-refractivity contribution in [2.24, 2.45) is 0 Å². The maximum Gasteiger partial charge on any atom is 0.337 e. The molecule has 108 valence electrons. The second-order valence-corrected chi connectivity index (χ2v) is 4.45. The Morgan fingerprint density at radius 2 is 1.95 bits per heavy atom.